The molecule has 1 aliphatic rings. The van der Waals surface area contributed by atoms with E-state index in [1.165, 1.54) is 23.7 Å². The van der Waals surface area contributed by atoms with E-state index in [-0.39, 0.29) is 11.5 Å². The average molecular weight is 481 g/mol. The van der Waals surface area contributed by atoms with Crippen LogP contribution in [0.3, 0.4) is 0 Å². The fourth-order valence-corrected chi connectivity index (χ4v) is 5.29. The summed E-state index contributed by atoms with van der Waals surface area (Å²) in [5, 5.41) is 24.7. The Labute approximate surface area is 205 Å². The number of fused-ring (bicyclic) bond motifs is 5. The Kier molecular flexibility index (Phi) is 4.63. The van der Waals surface area contributed by atoms with Crippen LogP contribution >= 0.6 is 0 Å². The van der Waals surface area contributed by atoms with Crippen LogP contribution in [0.5, 0.6) is 11.5 Å². The topological polar surface area (TPSA) is 101 Å². The maximum Gasteiger partial charge on any atom is 0.331 e. The molecule has 6 rings (SSSR count). The van der Waals surface area contributed by atoms with E-state index < -0.39 is 17.3 Å². The standard InChI is InChI=1S/C28H24N4O4/c1-15-7-6-8-16(13-15)24-22-25(30(2)28(36)31(3)27(22)35)26-23(18-12-11-17(33)14-21(18)34)29-19-9-4-5-10-20(19)32(24)26/h4-14,23,29,33-34H,1-3H3. The van der Waals surface area contributed by atoms with Gasteiger partial charge in [-0.1, -0.05) is 35.9 Å². The van der Waals surface area contributed by atoms with Gasteiger partial charge in [0, 0.05) is 25.7 Å². The van der Waals surface area contributed by atoms with E-state index in [0.29, 0.717) is 27.9 Å². The average Bonchev–Trinajstić information content (AvgIpc) is 3.23. The maximum absolute atomic E-state index is 13.7. The number of phenolic OH excluding ortho intramolecular Hbond substituents is 2. The first-order valence-electron chi connectivity index (χ1n) is 11.6. The summed E-state index contributed by atoms with van der Waals surface area (Å²) in [6, 6.07) is 19.5. The highest BCUT2D eigenvalue weighted by atomic mass is 16.3. The van der Waals surface area contributed by atoms with Crippen LogP contribution in [-0.4, -0.2) is 23.9 Å². The molecule has 0 radical (unpaired) electrons. The summed E-state index contributed by atoms with van der Waals surface area (Å²) in [7, 11) is 3.13. The number of hydrogen-bond acceptors (Lipinski definition) is 5. The SMILES string of the molecule is Cc1cccc(-c2c3c(=O)n(C)c(=O)n(C)c3c3n2-c2ccccc2NC3c2ccc(O)cc2O)c1. The highest BCUT2D eigenvalue weighted by Gasteiger charge is 2.35. The van der Waals surface area contributed by atoms with Crippen LogP contribution in [0.2, 0.25) is 0 Å². The number of hydrogen-bond donors (Lipinski definition) is 3. The first-order chi connectivity index (χ1) is 17.3. The Morgan fingerprint density at radius 2 is 1.67 bits per heavy atom. The van der Waals surface area contributed by atoms with Gasteiger partial charge in [0.1, 0.15) is 11.5 Å². The molecule has 5 aromatic rings. The minimum absolute atomic E-state index is 0.0607. The zero-order chi connectivity index (χ0) is 25.3. The van der Waals surface area contributed by atoms with Crippen molar-refractivity contribution in [2.24, 2.45) is 14.1 Å². The lowest BCUT2D eigenvalue weighted by Crippen LogP contribution is -2.37. The number of aryl methyl sites for hydroxylation is 2. The summed E-state index contributed by atoms with van der Waals surface area (Å²) in [5.74, 6) is -0.159. The summed E-state index contributed by atoms with van der Waals surface area (Å²) < 4.78 is 4.63. The number of para-hydroxylation sites is 2. The fourth-order valence-electron chi connectivity index (χ4n) is 5.29. The summed E-state index contributed by atoms with van der Waals surface area (Å²) in [6.45, 7) is 1.99. The lowest BCUT2D eigenvalue weighted by atomic mass is 9.98. The molecule has 0 fully saturated rings. The van der Waals surface area contributed by atoms with Gasteiger partial charge in [-0.3, -0.25) is 13.9 Å². The molecule has 0 aliphatic carbocycles. The second kappa shape index (κ2) is 7.64. The Hall–Kier alpha value is -4.72. The molecule has 1 unspecified atom stereocenters. The molecular weight excluding hydrogens is 456 g/mol. The minimum atomic E-state index is -0.612. The van der Waals surface area contributed by atoms with Crippen molar-refractivity contribution in [1.82, 2.24) is 13.7 Å². The van der Waals surface area contributed by atoms with Crippen molar-refractivity contribution in [1.29, 1.82) is 0 Å². The number of nitrogens with one attached hydrogen (secondary N) is 1. The lowest BCUT2D eigenvalue weighted by Gasteiger charge is -2.31. The van der Waals surface area contributed by atoms with Crippen LogP contribution in [0.4, 0.5) is 5.69 Å². The number of aromatic nitrogens is 3. The third-order valence-electron chi connectivity index (χ3n) is 6.94. The van der Waals surface area contributed by atoms with Gasteiger partial charge in [0.25, 0.3) is 5.56 Å². The third-order valence-corrected chi connectivity index (χ3v) is 6.94. The Morgan fingerprint density at radius 3 is 2.42 bits per heavy atom. The number of aromatic hydroxyl groups is 2. The van der Waals surface area contributed by atoms with E-state index in [2.05, 4.69) is 5.32 Å². The predicted molar refractivity (Wildman–Crippen MR) is 139 cm³/mol. The zero-order valence-electron chi connectivity index (χ0n) is 20.0. The third kappa shape index (κ3) is 2.94. The monoisotopic (exact) mass is 480 g/mol. The molecule has 36 heavy (non-hydrogen) atoms. The van der Waals surface area contributed by atoms with Gasteiger partial charge in [-0.2, -0.15) is 0 Å². The maximum atomic E-state index is 13.7. The van der Waals surface area contributed by atoms with Crippen LogP contribution < -0.4 is 16.6 Å². The molecule has 1 aliphatic heterocycles. The fraction of sp³-hybridized carbons (Fsp3) is 0.143. The molecule has 3 heterocycles. The van der Waals surface area contributed by atoms with Crippen LogP contribution in [0.25, 0.3) is 27.8 Å². The minimum Gasteiger partial charge on any atom is -0.508 e. The quantitative estimate of drug-likeness (QED) is 0.355. The van der Waals surface area contributed by atoms with Crippen molar-refractivity contribution in [3.05, 3.63) is 104 Å². The van der Waals surface area contributed by atoms with Gasteiger partial charge >= 0.3 is 5.69 Å². The highest BCUT2D eigenvalue weighted by molar-refractivity contribution is 5.99. The van der Waals surface area contributed by atoms with E-state index in [0.717, 1.165) is 27.1 Å². The van der Waals surface area contributed by atoms with Crippen molar-refractivity contribution in [2.45, 2.75) is 13.0 Å². The first kappa shape index (κ1) is 21.8. The summed E-state index contributed by atoms with van der Waals surface area (Å²) >= 11 is 0. The van der Waals surface area contributed by atoms with Gasteiger partial charge in [-0.15, -0.1) is 0 Å². The molecule has 8 heteroatoms. The largest absolute Gasteiger partial charge is 0.508 e. The zero-order valence-corrected chi connectivity index (χ0v) is 20.0. The van der Waals surface area contributed by atoms with Crippen molar-refractivity contribution in [3.63, 3.8) is 0 Å². The summed E-state index contributed by atoms with van der Waals surface area (Å²) in [5.41, 5.74) is 4.99. The van der Waals surface area contributed by atoms with Gasteiger partial charge < -0.3 is 20.1 Å². The Morgan fingerprint density at radius 1 is 0.889 bits per heavy atom. The predicted octanol–water partition coefficient (Wildman–Crippen LogP) is 3.93. The lowest BCUT2D eigenvalue weighted by molar-refractivity contribution is 0.444. The van der Waals surface area contributed by atoms with Gasteiger partial charge in [0.15, 0.2) is 0 Å². The van der Waals surface area contributed by atoms with Gasteiger partial charge in [-0.05, 0) is 42.8 Å². The van der Waals surface area contributed by atoms with E-state index in [1.54, 1.807) is 13.1 Å². The van der Waals surface area contributed by atoms with Gasteiger partial charge in [0.05, 0.1) is 39.7 Å². The van der Waals surface area contributed by atoms with Crippen LogP contribution in [0.15, 0.2) is 76.3 Å². The Bertz CT molecular complexity index is 1830. The van der Waals surface area contributed by atoms with Crippen molar-refractivity contribution < 1.29 is 10.2 Å². The molecule has 0 bridgehead atoms. The van der Waals surface area contributed by atoms with Crippen molar-refractivity contribution in [3.8, 4) is 28.4 Å². The second-order valence-electron chi connectivity index (χ2n) is 9.21. The molecular formula is C28H24N4O4. The van der Waals surface area contributed by atoms with Crippen LogP contribution in [-0.2, 0) is 14.1 Å². The van der Waals surface area contributed by atoms with E-state index >= 15 is 0 Å². The molecule has 8 nitrogen and oxygen atoms in total. The number of rotatable bonds is 2. The number of benzene rings is 3. The van der Waals surface area contributed by atoms with Crippen molar-refractivity contribution >= 4 is 16.6 Å². The smallest absolute Gasteiger partial charge is 0.331 e. The molecule has 0 amide bonds. The molecule has 3 aromatic carbocycles. The summed E-state index contributed by atoms with van der Waals surface area (Å²) in [6.07, 6.45) is 0. The summed E-state index contributed by atoms with van der Waals surface area (Å²) in [4.78, 5) is 26.8. The van der Waals surface area contributed by atoms with Crippen LogP contribution in [0.1, 0.15) is 22.9 Å². The highest BCUT2D eigenvalue weighted by Crippen LogP contribution is 2.47. The van der Waals surface area contributed by atoms with Crippen LogP contribution in [0, 0.1) is 6.92 Å². The first-order valence-corrected chi connectivity index (χ1v) is 11.6. The van der Waals surface area contributed by atoms with Gasteiger partial charge in [-0.25, -0.2) is 4.79 Å². The molecule has 180 valence electrons. The number of phenols is 2. The molecule has 0 spiro atoms. The molecule has 2 aromatic heterocycles. The number of anilines is 1. The number of nitrogens with zero attached hydrogens (tertiary/aromatic N) is 3. The molecule has 3 N–H and O–H groups in total. The molecule has 0 saturated carbocycles. The Balaban J connectivity index is 1.87. The van der Waals surface area contributed by atoms with Gasteiger partial charge in [0.2, 0.25) is 0 Å². The molecule has 1 atom stereocenters. The van der Waals surface area contributed by atoms with E-state index in [9.17, 15) is 19.8 Å². The normalized spacial score (nSPS) is 14.4. The second-order valence-corrected chi connectivity index (χ2v) is 9.21. The van der Waals surface area contributed by atoms with E-state index in [1.807, 2.05) is 60.0 Å². The van der Waals surface area contributed by atoms with E-state index in [4.69, 9.17) is 0 Å². The van der Waals surface area contributed by atoms with Crippen molar-refractivity contribution in [2.75, 3.05) is 5.32 Å². The molecule has 0 saturated heterocycles.